The molecule has 0 aliphatic rings. The molecular formula is C10H19N3O4S. The van der Waals surface area contributed by atoms with Gasteiger partial charge in [0, 0.05) is 6.42 Å². The lowest BCUT2D eigenvalue weighted by atomic mass is 10.1. The fourth-order valence-corrected chi connectivity index (χ4v) is 1.69. The molecule has 2 atom stereocenters. The van der Waals surface area contributed by atoms with Crippen molar-refractivity contribution in [3.05, 3.63) is 0 Å². The number of nitrogens with one attached hydrogen (secondary N) is 1. The summed E-state index contributed by atoms with van der Waals surface area (Å²) in [5.41, 5.74) is 10.5. The minimum atomic E-state index is -1.21. The summed E-state index contributed by atoms with van der Waals surface area (Å²) in [6, 6.07) is -1.88. The Balaban J connectivity index is 4.26. The van der Waals surface area contributed by atoms with Crippen LogP contribution in [0.2, 0.25) is 0 Å². The first kappa shape index (κ1) is 16.7. The lowest BCUT2D eigenvalue weighted by Gasteiger charge is -2.17. The number of carboxylic acids is 1. The number of nitrogens with two attached hydrogens (primary N) is 2. The van der Waals surface area contributed by atoms with Crippen LogP contribution in [0.4, 0.5) is 0 Å². The monoisotopic (exact) mass is 277 g/mol. The van der Waals surface area contributed by atoms with Gasteiger partial charge in [-0.3, -0.25) is 9.59 Å². The Morgan fingerprint density at radius 1 is 1.33 bits per heavy atom. The summed E-state index contributed by atoms with van der Waals surface area (Å²) in [7, 11) is 0. The van der Waals surface area contributed by atoms with Crippen LogP contribution in [0.3, 0.4) is 0 Å². The van der Waals surface area contributed by atoms with Gasteiger partial charge in [-0.05, 0) is 24.9 Å². The molecule has 0 aromatic carbocycles. The van der Waals surface area contributed by atoms with Gasteiger partial charge in [-0.1, -0.05) is 0 Å². The number of rotatable bonds is 9. The third kappa shape index (κ3) is 7.13. The van der Waals surface area contributed by atoms with Crippen molar-refractivity contribution in [2.75, 3.05) is 12.0 Å². The van der Waals surface area contributed by atoms with E-state index in [4.69, 9.17) is 16.6 Å². The quantitative estimate of drug-likeness (QED) is 0.422. The SMILES string of the molecule is CSCC[C@@H](N)C(=O)N[C@H](CCC(N)=O)C(=O)O. The molecular weight excluding hydrogens is 258 g/mol. The van der Waals surface area contributed by atoms with Crippen molar-refractivity contribution in [2.45, 2.75) is 31.3 Å². The highest BCUT2D eigenvalue weighted by Gasteiger charge is 2.23. The maximum absolute atomic E-state index is 11.6. The number of hydrogen-bond donors (Lipinski definition) is 4. The van der Waals surface area contributed by atoms with Gasteiger partial charge in [0.15, 0.2) is 0 Å². The van der Waals surface area contributed by atoms with Crippen LogP contribution < -0.4 is 16.8 Å². The summed E-state index contributed by atoms with van der Waals surface area (Å²) in [5, 5.41) is 11.2. The molecule has 0 spiro atoms. The van der Waals surface area contributed by atoms with Gasteiger partial charge in [0.05, 0.1) is 6.04 Å². The second-order valence-electron chi connectivity index (χ2n) is 3.79. The van der Waals surface area contributed by atoms with Crippen LogP contribution in [0, 0.1) is 0 Å². The summed E-state index contributed by atoms with van der Waals surface area (Å²) in [6.45, 7) is 0. The summed E-state index contributed by atoms with van der Waals surface area (Å²) in [4.78, 5) is 33.0. The van der Waals surface area contributed by atoms with Crippen molar-refractivity contribution >= 4 is 29.5 Å². The third-order valence-electron chi connectivity index (χ3n) is 2.26. The molecule has 0 rings (SSSR count). The average Bonchev–Trinajstić information content (AvgIpc) is 2.30. The van der Waals surface area contributed by atoms with E-state index in [1.807, 2.05) is 6.26 Å². The first-order valence-corrected chi connectivity index (χ1v) is 6.83. The van der Waals surface area contributed by atoms with Gasteiger partial charge in [0.25, 0.3) is 0 Å². The molecule has 0 saturated carbocycles. The molecule has 0 aromatic rings. The minimum absolute atomic E-state index is 0.0361. The van der Waals surface area contributed by atoms with E-state index in [1.165, 1.54) is 0 Å². The summed E-state index contributed by atoms with van der Waals surface area (Å²) >= 11 is 1.55. The molecule has 0 aliphatic carbocycles. The van der Waals surface area contributed by atoms with Crippen LogP contribution >= 0.6 is 11.8 Å². The molecule has 0 aliphatic heterocycles. The largest absolute Gasteiger partial charge is 0.480 e. The predicted octanol–water partition coefficient (Wildman–Crippen LogP) is -1.10. The standard InChI is InChI=1S/C10H19N3O4S/c1-18-5-4-6(11)9(15)13-7(10(16)17)2-3-8(12)14/h6-7H,2-5,11H2,1H3,(H2,12,14)(H,13,15)(H,16,17)/t6-,7-/m1/s1. The number of hydrogen-bond acceptors (Lipinski definition) is 5. The number of carbonyl (C=O) groups excluding carboxylic acids is 2. The Morgan fingerprint density at radius 3 is 2.39 bits per heavy atom. The lowest BCUT2D eigenvalue weighted by Crippen LogP contribution is -2.48. The zero-order valence-corrected chi connectivity index (χ0v) is 11.0. The van der Waals surface area contributed by atoms with Crippen molar-refractivity contribution in [3.63, 3.8) is 0 Å². The van der Waals surface area contributed by atoms with Crippen LogP contribution in [-0.2, 0) is 14.4 Å². The van der Waals surface area contributed by atoms with Crippen molar-refractivity contribution in [2.24, 2.45) is 11.5 Å². The molecule has 0 fully saturated rings. The summed E-state index contributed by atoms with van der Waals surface area (Å²) < 4.78 is 0. The van der Waals surface area contributed by atoms with Crippen molar-refractivity contribution in [1.29, 1.82) is 0 Å². The van der Waals surface area contributed by atoms with Gasteiger partial charge >= 0.3 is 5.97 Å². The fraction of sp³-hybridized carbons (Fsp3) is 0.700. The highest BCUT2D eigenvalue weighted by atomic mass is 32.2. The zero-order chi connectivity index (χ0) is 14.1. The second kappa shape index (κ2) is 8.76. The fourth-order valence-electron chi connectivity index (χ4n) is 1.20. The predicted molar refractivity (Wildman–Crippen MR) is 69.0 cm³/mol. The minimum Gasteiger partial charge on any atom is -0.480 e. The first-order chi connectivity index (χ1) is 8.38. The molecule has 0 bridgehead atoms. The Hall–Kier alpha value is -1.28. The van der Waals surface area contributed by atoms with Gasteiger partial charge in [-0.2, -0.15) is 11.8 Å². The van der Waals surface area contributed by atoms with Crippen LogP contribution in [-0.4, -0.2) is 47.0 Å². The Morgan fingerprint density at radius 2 is 1.94 bits per heavy atom. The Kier molecular flexibility index (Phi) is 8.14. The molecule has 7 nitrogen and oxygen atoms in total. The van der Waals surface area contributed by atoms with E-state index in [0.717, 1.165) is 0 Å². The van der Waals surface area contributed by atoms with Gasteiger partial charge in [-0.15, -0.1) is 0 Å². The molecule has 6 N–H and O–H groups in total. The number of carboxylic acid groups (broad SMARTS) is 1. The van der Waals surface area contributed by atoms with Gasteiger partial charge in [0.2, 0.25) is 11.8 Å². The van der Waals surface area contributed by atoms with Crippen LogP contribution in [0.25, 0.3) is 0 Å². The lowest BCUT2D eigenvalue weighted by molar-refractivity contribution is -0.142. The number of aliphatic carboxylic acids is 1. The van der Waals surface area contributed by atoms with E-state index >= 15 is 0 Å². The molecule has 0 unspecified atom stereocenters. The molecule has 104 valence electrons. The number of amides is 2. The smallest absolute Gasteiger partial charge is 0.326 e. The topological polar surface area (TPSA) is 136 Å². The highest BCUT2D eigenvalue weighted by molar-refractivity contribution is 7.98. The maximum Gasteiger partial charge on any atom is 0.326 e. The van der Waals surface area contributed by atoms with Crippen LogP contribution in [0.5, 0.6) is 0 Å². The maximum atomic E-state index is 11.6. The molecule has 18 heavy (non-hydrogen) atoms. The molecule has 0 radical (unpaired) electrons. The van der Waals surface area contributed by atoms with E-state index in [2.05, 4.69) is 5.32 Å². The van der Waals surface area contributed by atoms with Crippen LogP contribution in [0.1, 0.15) is 19.3 Å². The Bertz CT molecular complexity index is 311. The summed E-state index contributed by atoms with van der Waals surface area (Å²) in [5.74, 6) is -1.63. The summed E-state index contributed by atoms with van der Waals surface area (Å²) in [6.07, 6.45) is 2.22. The van der Waals surface area contributed by atoms with Crippen molar-refractivity contribution < 1.29 is 19.5 Å². The van der Waals surface area contributed by atoms with E-state index in [0.29, 0.717) is 12.2 Å². The van der Waals surface area contributed by atoms with Crippen molar-refractivity contribution in [1.82, 2.24) is 5.32 Å². The van der Waals surface area contributed by atoms with E-state index < -0.39 is 29.9 Å². The van der Waals surface area contributed by atoms with Gasteiger partial charge in [0.1, 0.15) is 6.04 Å². The average molecular weight is 277 g/mol. The molecule has 2 amide bonds. The normalized spacial score (nSPS) is 13.7. The Labute approximate surface area is 110 Å². The zero-order valence-electron chi connectivity index (χ0n) is 10.2. The molecule has 8 heteroatoms. The van der Waals surface area contributed by atoms with E-state index in [-0.39, 0.29) is 12.8 Å². The van der Waals surface area contributed by atoms with Gasteiger partial charge < -0.3 is 21.9 Å². The van der Waals surface area contributed by atoms with Gasteiger partial charge in [-0.25, -0.2) is 4.79 Å². The number of carbonyl (C=O) groups is 3. The molecule has 0 heterocycles. The van der Waals surface area contributed by atoms with Crippen molar-refractivity contribution in [3.8, 4) is 0 Å². The number of primary amides is 1. The number of thioether (sulfide) groups is 1. The third-order valence-corrected chi connectivity index (χ3v) is 2.91. The van der Waals surface area contributed by atoms with E-state index in [1.54, 1.807) is 11.8 Å². The molecule has 0 aromatic heterocycles. The van der Waals surface area contributed by atoms with Crippen LogP contribution in [0.15, 0.2) is 0 Å². The first-order valence-electron chi connectivity index (χ1n) is 5.44. The molecule has 0 saturated heterocycles. The second-order valence-corrected chi connectivity index (χ2v) is 4.78. The highest BCUT2D eigenvalue weighted by Crippen LogP contribution is 2.01. The van der Waals surface area contributed by atoms with E-state index in [9.17, 15) is 14.4 Å².